The van der Waals surface area contributed by atoms with Crippen LogP contribution in [0.2, 0.25) is 0 Å². The summed E-state index contributed by atoms with van der Waals surface area (Å²) >= 11 is -2.19. The fourth-order valence-electron chi connectivity index (χ4n) is 3.94. The van der Waals surface area contributed by atoms with Crippen molar-refractivity contribution in [2.75, 3.05) is 10.9 Å². The lowest BCUT2D eigenvalue weighted by Crippen LogP contribution is -2.46. The number of nitrogens with zero attached hydrogens (tertiary/aromatic N) is 2. The number of carbonyl (C=O) groups is 1. The minimum atomic E-state index is -4.73. The summed E-state index contributed by atoms with van der Waals surface area (Å²) in [6.07, 6.45) is -3.59. The zero-order chi connectivity index (χ0) is 24.7. The number of benzene rings is 1. The number of anilines is 1. The Balaban J connectivity index is 1.66. The molecular formula is C21H18F3N2O6S2-. The molecule has 0 saturated heterocycles. The first-order chi connectivity index (χ1) is 16.1. The van der Waals surface area contributed by atoms with Gasteiger partial charge in [0, 0.05) is 29.9 Å². The number of carboxylic acid groups (broad SMARTS) is 1. The summed E-state index contributed by atoms with van der Waals surface area (Å²) in [7, 11) is 0. The van der Waals surface area contributed by atoms with Crippen molar-refractivity contribution in [2.45, 2.75) is 36.9 Å². The van der Waals surface area contributed by atoms with Crippen molar-refractivity contribution < 1.29 is 41.5 Å². The van der Waals surface area contributed by atoms with Crippen LogP contribution in [0.4, 0.5) is 18.2 Å². The third kappa shape index (κ3) is 4.48. The van der Waals surface area contributed by atoms with E-state index in [1.165, 1.54) is 12.1 Å². The van der Waals surface area contributed by atoms with Gasteiger partial charge in [0.15, 0.2) is 5.54 Å². The Morgan fingerprint density at radius 2 is 2.09 bits per heavy atom. The SMILES string of the molecule is O=C(O)C1(N(c2ccc(-c3cc(C(F)(F)F)on3)s2)S(=O)[O-])CC1c1cccc(CCCO)c1. The highest BCUT2D eigenvalue weighted by Crippen LogP contribution is 2.58. The molecule has 1 aromatic carbocycles. The standard InChI is InChI=1S/C21H19F3N2O6S2/c22-21(23,24)17-10-15(25-32-17)16-6-7-18(33-16)26(34(30)31)20(19(28)29)11-14(20)13-5-1-3-12(9-13)4-2-8-27/h1,3,5-7,9-10,14,27H,2,4,8,11H2,(H,28,29)(H,30,31)/p-1. The van der Waals surface area contributed by atoms with Crippen LogP contribution < -0.4 is 4.31 Å². The van der Waals surface area contributed by atoms with Crippen molar-refractivity contribution in [3.63, 3.8) is 0 Å². The number of aryl methyl sites for hydroxylation is 1. The lowest BCUT2D eigenvalue weighted by atomic mass is 10.0. The van der Waals surface area contributed by atoms with Crippen LogP contribution >= 0.6 is 11.3 Å². The van der Waals surface area contributed by atoms with E-state index in [4.69, 9.17) is 5.11 Å². The lowest BCUT2D eigenvalue weighted by Gasteiger charge is -2.32. The summed E-state index contributed by atoms with van der Waals surface area (Å²) in [5.41, 5.74) is -0.381. The van der Waals surface area contributed by atoms with E-state index in [1.807, 2.05) is 6.07 Å². The maximum absolute atomic E-state index is 12.8. The molecule has 0 amide bonds. The summed E-state index contributed by atoms with van der Waals surface area (Å²) in [5.74, 6) is -3.27. The number of rotatable bonds is 9. The van der Waals surface area contributed by atoms with E-state index in [-0.39, 0.29) is 28.6 Å². The molecule has 0 spiro atoms. The minimum absolute atomic E-state index is 0.00631. The summed E-state index contributed by atoms with van der Waals surface area (Å²) in [6.45, 7) is 0.00631. The van der Waals surface area contributed by atoms with Gasteiger partial charge in [-0.25, -0.2) is 4.79 Å². The molecule has 3 atom stereocenters. The average molecular weight is 516 g/mol. The number of halogens is 3. The van der Waals surface area contributed by atoms with Crippen molar-refractivity contribution >= 4 is 33.6 Å². The molecule has 34 heavy (non-hydrogen) atoms. The highest BCUT2D eigenvalue weighted by atomic mass is 32.2. The van der Waals surface area contributed by atoms with Crippen molar-refractivity contribution in [3.8, 4) is 10.6 Å². The molecule has 3 unspecified atom stereocenters. The van der Waals surface area contributed by atoms with Gasteiger partial charge >= 0.3 is 12.1 Å². The molecule has 0 aliphatic heterocycles. The predicted molar refractivity (Wildman–Crippen MR) is 116 cm³/mol. The number of aliphatic carboxylic acids is 1. The first-order valence-electron chi connectivity index (χ1n) is 10.0. The minimum Gasteiger partial charge on any atom is -0.755 e. The molecule has 2 heterocycles. The van der Waals surface area contributed by atoms with Gasteiger partial charge in [-0.15, -0.1) is 11.3 Å². The third-order valence-electron chi connectivity index (χ3n) is 5.62. The fraction of sp³-hybridized carbons (Fsp3) is 0.333. The molecule has 4 rings (SSSR count). The molecule has 0 radical (unpaired) electrons. The first-order valence-corrected chi connectivity index (χ1v) is 11.9. The van der Waals surface area contributed by atoms with Gasteiger partial charge in [-0.2, -0.15) is 13.2 Å². The van der Waals surface area contributed by atoms with Gasteiger partial charge in [0.2, 0.25) is 5.76 Å². The number of aromatic nitrogens is 1. The molecule has 0 bridgehead atoms. The van der Waals surface area contributed by atoms with Gasteiger partial charge in [-0.05, 0) is 42.5 Å². The molecule has 1 aliphatic rings. The topological polar surface area (TPSA) is 127 Å². The zero-order valence-corrected chi connectivity index (χ0v) is 19.0. The molecule has 13 heteroatoms. The van der Waals surface area contributed by atoms with Crippen LogP contribution in [0.3, 0.4) is 0 Å². The largest absolute Gasteiger partial charge is 0.755 e. The second-order valence-electron chi connectivity index (χ2n) is 7.78. The normalized spacial score (nSPS) is 20.8. The van der Waals surface area contributed by atoms with E-state index in [2.05, 4.69) is 9.68 Å². The monoisotopic (exact) mass is 515 g/mol. The second-order valence-corrected chi connectivity index (χ2v) is 9.64. The van der Waals surface area contributed by atoms with Crippen LogP contribution in [-0.4, -0.2) is 42.2 Å². The Labute approximate surface area is 198 Å². The first kappa shape index (κ1) is 24.4. The van der Waals surface area contributed by atoms with Gasteiger partial charge in [0.1, 0.15) is 10.7 Å². The van der Waals surface area contributed by atoms with Crippen molar-refractivity contribution in [1.29, 1.82) is 0 Å². The Morgan fingerprint density at radius 1 is 1.32 bits per heavy atom. The summed E-state index contributed by atoms with van der Waals surface area (Å²) in [5, 5.41) is 22.5. The number of alkyl halides is 3. The van der Waals surface area contributed by atoms with Crippen LogP contribution in [-0.2, 0) is 28.7 Å². The quantitative estimate of drug-likeness (QED) is 0.413. The van der Waals surface area contributed by atoms with Gasteiger partial charge in [-0.3, -0.25) is 8.51 Å². The van der Waals surface area contributed by atoms with Crippen LogP contribution in [0.25, 0.3) is 10.6 Å². The number of carboxylic acids is 1. The van der Waals surface area contributed by atoms with Gasteiger partial charge in [-0.1, -0.05) is 29.4 Å². The number of aliphatic hydroxyl groups excluding tert-OH is 1. The third-order valence-corrected chi connectivity index (χ3v) is 7.65. The average Bonchev–Trinajstić information content (AvgIpc) is 3.11. The Hall–Kier alpha value is -2.74. The number of hydrogen-bond acceptors (Lipinski definition) is 7. The van der Waals surface area contributed by atoms with Gasteiger partial charge in [0.05, 0.1) is 4.88 Å². The number of thiophene rings is 1. The van der Waals surface area contributed by atoms with Gasteiger partial charge in [0.25, 0.3) is 0 Å². The van der Waals surface area contributed by atoms with E-state index in [0.29, 0.717) is 24.5 Å². The molecular weight excluding hydrogens is 497 g/mol. The Kier molecular flexibility index (Phi) is 6.55. The molecule has 182 valence electrons. The summed E-state index contributed by atoms with van der Waals surface area (Å²) < 4.78 is 68.0. The number of hydrogen-bond donors (Lipinski definition) is 2. The van der Waals surface area contributed by atoms with Gasteiger partial charge < -0.3 is 19.3 Å². The van der Waals surface area contributed by atoms with Crippen LogP contribution in [0.15, 0.2) is 47.0 Å². The van der Waals surface area contributed by atoms with Crippen molar-refractivity contribution in [1.82, 2.24) is 5.16 Å². The highest BCUT2D eigenvalue weighted by Gasteiger charge is 2.66. The predicted octanol–water partition coefficient (Wildman–Crippen LogP) is 3.96. The Morgan fingerprint density at radius 3 is 2.71 bits per heavy atom. The Bertz CT molecular complexity index is 1230. The molecule has 8 nitrogen and oxygen atoms in total. The highest BCUT2D eigenvalue weighted by molar-refractivity contribution is 7.81. The van der Waals surface area contributed by atoms with E-state index in [0.717, 1.165) is 21.2 Å². The van der Waals surface area contributed by atoms with Crippen LogP contribution in [0.5, 0.6) is 0 Å². The molecule has 2 aromatic heterocycles. The second kappa shape index (κ2) is 9.13. The van der Waals surface area contributed by atoms with E-state index in [1.54, 1.807) is 18.2 Å². The summed E-state index contributed by atoms with van der Waals surface area (Å²) in [6, 6.07) is 10.5. The number of aliphatic hydroxyl groups is 1. The van der Waals surface area contributed by atoms with E-state index < -0.39 is 40.6 Å². The summed E-state index contributed by atoms with van der Waals surface area (Å²) in [4.78, 5) is 12.5. The fourth-order valence-corrected chi connectivity index (χ4v) is 5.94. The molecule has 3 aromatic rings. The molecule has 2 N–H and O–H groups in total. The van der Waals surface area contributed by atoms with Crippen LogP contribution in [0, 0.1) is 0 Å². The zero-order valence-electron chi connectivity index (χ0n) is 17.3. The van der Waals surface area contributed by atoms with E-state index in [9.17, 15) is 31.8 Å². The maximum Gasteiger partial charge on any atom is 0.452 e. The van der Waals surface area contributed by atoms with E-state index >= 15 is 0 Å². The van der Waals surface area contributed by atoms with Crippen LogP contribution in [0.1, 0.15) is 35.6 Å². The molecule has 1 saturated carbocycles. The smallest absolute Gasteiger partial charge is 0.452 e. The molecule has 1 fully saturated rings. The lowest BCUT2D eigenvalue weighted by molar-refractivity contribution is -0.155. The molecule has 1 aliphatic carbocycles. The maximum atomic E-state index is 12.8. The van der Waals surface area contributed by atoms with Crippen molar-refractivity contribution in [2.24, 2.45) is 0 Å². The van der Waals surface area contributed by atoms with Crippen molar-refractivity contribution in [3.05, 3.63) is 59.4 Å².